The average molecular weight is 297 g/mol. The van der Waals surface area contributed by atoms with E-state index >= 15 is 0 Å². The maximum Gasteiger partial charge on any atom is 0.110 e. The van der Waals surface area contributed by atoms with E-state index in [0.717, 1.165) is 24.6 Å². The fraction of sp³-hybridized carbons (Fsp3) is 0.235. The van der Waals surface area contributed by atoms with E-state index < -0.39 is 0 Å². The first kappa shape index (κ1) is 14.0. The zero-order valence-electron chi connectivity index (χ0n) is 12.3. The van der Waals surface area contributed by atoms with E-state index in [9.17, 15) is 0 Å². The highest BCUT2D eigenvalue weighted by molar-refractivity contribution is 7.10. The largest absolute Gasteiger partial charge is 0.306 e. The fourth-order valence-electron chi connectivity index (χ4n) is 2.43. The van der Waals surface area contributed by atoms with Gasteiger partial charge >= 0.3 is 0 Å². The molecule has 108 valence electrons. The van der Waals surface area contributed by atoms with Crippen LogP contribution in [0.3, 0.4) is 0 Å². The van der Waals surface area contributed by atoms with Gasteiger partial charge in [0.2, 0.25) is 0 Å². The number of para-hydroxylation sites is 1. The van der Waals surface area contributed by atoms with Crippen molar-refractivity contribution in [2.24, 2.45) is 0 Å². The summed E-state index contributed by atoms with van der Waals surface area (Å²) < 4.78 is 2.20. The third-order valence-electron chi connectivity index (χ3n) is 3.59. The molecule has 0 atom stereocenters. The molecule has 1 aromatic carbocycles. The van der Waals surface area contributed by atoms with E-state index in [0.29, 0.717) is 0 Å². The van der Waals surface area contributed by atoms with Gasteiger partial charge in [-0.1, -0.05) is 18.2 Å². The molecular formula is C17H19N3S. The number of hydrogen-bond donors (Lipinski definition) is 1. The molecule has 0 bridgehead atoms. The highest BCUT2D eigenvalue weighted by Gasteiger charge is 2.08. The lowest BCUT2D eigenvalue weighted by Crippen LogP contribution is -2.15. The van der Waals surface area contributed by atoms with Crippen LogP contribution in [0.5, 0.6) is 0 Å². The Morgan fingerprint density at radius 1 is 1.10 bits per heavy atom. The van der Waals surface area contributed by atoms with Crippen molar-refractivity contribution in [3.8, 4) is 5.69 Å². The summed E-state index contributed by atoms with van der Waals surface area (Å²) >= 11 is 1.81. The molecule has 3 aromatic rings. The molecule has 0 aliphatic rings. The highest BCUT2D eigenvalue weighted by Crippen LogP contribution is 2.17. The Morgan fingerprint density at radius 2 is 1.90 bits per heavy atom. The third kappa shape index (κ3) is 3.06. The monoisotopic (exact) mass is 297 g/mol. The molecule has 0 fully saturated rings. The average Bonchev–Trinajstić information content (AvgIpc) is 3.07. The first-order chi connectivity index (χ1) is 10.3. The van der Waals surface area contributed by atoms with Gasteiger partial charge in [0.25, 0.3) is 0 Å². The molecule has 0 spiro atoms. The molecule has 21 heavy (non-hydrogen) atoms. The Balaban J connectivity index is 1.73. The lowest BCUT2D eigenvalue weighted by Gasteiger charge is -2.11. The molecule has 1 N–H and O–H groups in total. The number of nitrogens with one attached hydrogen (secondary N) is 1. The van der Waals surface area contributed by atoms with Crippen molar-refractivity contribution in [2.75, 3.05) is 0 Å². The Bertz CT molecular complexity index is 713. The lowest BCUT2D eigenvalue weighted by molar-refractivity contribution is 0.671. The van der Waals surface area contributed by atoms with Gasteiger partial charge < -0.3 is 5.32 Å². The van der Waals surface area contributed by atoms with Crippen LogP contribution in [0.1, 0.15) is 22.0 Å². The normalized spacial score (nSPS) is 11.0. The molecule has 0 amide bonds. The lowest BCUT2D eigenvalue weighted by atomic mass is 10.3. The van der Waals surface area contributed by atoms with Crippen LogP contribution >= 0.6 is 11.3 Å². The Kier molecular flexibility index (Phi) is 4.18. The Hall–Kier alpha value is -1.91. The first-order valence-corrected chi connectivity index (χ1v) is 7.96. The molecule has 0 aliphatic heterocycles. The smallest absolute Gasteiger partial charge is 0.110 e. The molecule has 0 aliphatic carbocycles. The fourth-order valence-corrected chi connectivity index (χ4v) is 3.31. The second kappa shape index (κ2) is 6.24. The minimum absolute atomic E-state index is 0.813. The van der Waals surface area contributed by atoms with Crippen molar-refractivity contribution in [1.82, 2.24) is 14.9 Å². The summed E-state index contributed by atoms with van der Waals surface area (Å²) in [5.41, 5.74) is 3.71. The molecule has 0 saturated heterocycles. The maximum absolute atomic E-state index is 4.45. The van der Waals surface area contributed by atoms with Gasteiger partial charge in [-0.15, -0.1) is 11.3 Å². The number of nitrogens with zero attached hydrogens (tertiary/aromatic N) is 2. The minimum atomic E-state index is 0.813. The predicted octanol–water partition coefficient (Wildman–Crippen LogP) is 3.84. The van der Waals surface area contributed by atoms with Crippen LogP contribution in [0.25, 0.3) is 5.69 Å². The van der Waals surface area contributed by atoms with E-state index in [1.807, 2.05) is 19.2 Å². The molecule has 0 radical (unpaired) electrons. The highest BCUT2D eigenvalue weighted by atomic mass is 32.1. The first-order valence-electron chi connectivity index (χ1n) is 7.08. The van der Waals surface area contributed by atoms with Crippen LogP contribution in [-0.4, -0.2) is 9.55 Å². The van der Waals surface area contributed by atoms with Crippen LogP contribution in [0.15, 0.2) is 48.0 Å². The van der Waals surface area contributed by atoms with Crippen LogP contribution < -0.4 is 5.32 Å². The van der Waals surface area contributed by atoms with Crippen LogP contribution in [0, 0.1) is 13.8 Å². The zero-order valence-corrected chi connectivity index (χ0v) is 13.2. The van der Waals surface area contributed by atoms with Gasteiger partial charge in [0.1, 0.15) is 5.82 Å². The standard InChI is InChI=1S/C17H19N3S/c1-13-8-9-21-17(13)12-18-10-16-11-19-14(2)20(16)15-6-4-3-5-7-15/h3-9,11,18H,10,12H2,1-2H3. The van der Waals surface area contributed by atoms with Gasteiger partial charge in [-0.05, 0) is 43.0 Å². The molecule has 2 heterocycles. The summed E-state index contributed by atoms with van der Waals surface area (Å²) in [7, 11) is 0. The van der Waals surface area contributed by atoms with Crippen molar-refractivity contribution in [3.05, 3.63) is 69.9 Å². The topological polar surface area (TPSA) is 29.9 Å². The number of aromatic nitrogens is 2. The summed E-state index contributed by atoms with van der Waals surface area (Å²) in [6, 6.07) is 12.5. The van der Waals surface area contributed by atoms with Crippen molar-refractivity contribution in [1.29, 1.82) is 0 Å². The van der Waals surface area contributed by atoms with E-state index in [2.05, 4.69) is 57.5 Å². The van der Waals surface area contributed by atoms with Crippen LogP contribution in [0.2, 0.25) is 0 Å². The summed E-state index contributed by atoms with van der Waals surface area (Å²) in [5.74, 6) is 1.02. The van der Waals surface area contributed by atoms with Crippen molar-refractivity contribution < 1.29 is 0 Å². The molecule has 0 saturated carbocycles. The van der Waals surface area contributed by atoms with E-state index in [-0.39, 0.29) is 0 Å². The SMILES string of the molecule is Cc1ccsc1CNCc1cnc(C)n1-c1ccccc1. The van der Waals surface area contributed by atoms with Crippen LogP contribution in [-0.2, 0) is 13.1 Å². The zero-order chi connectivity index (χ0) is 14.7. The van der Waals surface area contributed by atoms with Gasteiger partial charge in [-0.25, -0.2) is 4.98 Å². The number of rotatable bonds is 5. The minimum Gasteiger partial charge on any atom is -0.306 e. The third-order valence-corrected chi connectivity index (χ3v) is 4.61. The van der Waals surface area contributed by atoms with Gasteiger partial charge in [-0.3, -0.25) is 4.57 Å². The Labute approximate surface area is 129 Å². The van der Waals surface area contributed by atoms with Crippen molar-refractivity contribution >= 4 is 11.3 Å². The Morgan fingerprint density at radius 3 is 2.62 bits per heavy atom. The van der Waals surface area contributed by atoms with E-state index in [1.54, 1.807) is 11.3 Å². The van der Waals surface area contributed by atoms with Gasteiger partial charge in [0.05, 0.1) is 11.9 Å². The van der Waals surface area contributed by atoms with Crippen molar-refractivity contribution in [2.45, 2.75) is 26.9 Å². The predicted molar refractivity (Wildman–Crippen MR) is 87.9 cm³/mol. The molecule has 2 aromatic heterocycles. The molecule has 0 unspecified atom stereocenters. The summed E-state index contributed by atoms with van der Waals surface area (Å²) in [4.78, 5) is 5.85. The quantitative estimate of drug-likeness (QED) is 0.775. The van der Waals surface area contributed by atoms with Crippen LogP contribution in [0.4, 0.5) is 0 Å². The summed E-state index contributed by atoms with van der Waals surface area (Å²) in [6.45, 7) is 5.92. The van der Waals surface area contributed by atoms with Gasteiger partial charge in [0.15, 0.2) is 0 Å². The maximum atomic E-state index is 4.45. The molecule has 3 nitrogen and oxygen atoms in total. The number of hydrogen-bond acceptors (Lipinski definition) is 3. The van der Waals surface area contributed by atoms with Gasteiger partial charge in [0, 0.05) is 23.7 Å². The van der Waals surface area contributed by atoms with Crippen molar-refractivity contribution in [3.63, 3.8) is 0 Å². The number of thiophene rings is 1. The number of aryl methyl sites for hydroxylation is 2. The van der Waals surface area contributed by atoms with Gasteiger partial charge in [-0.2, -0.15) is 0 Å². The molecule has 3 rings (SSSR count). The number of benzene rings is 1. The number of imidazole rings is 1. The second-order valence-corrected chi connectivity index (χ2v) is 6.10. The van der Waals surface area contributed by atoms with E-state index in [4.69, 9.17) is 0 Å². The summed E-state index contributed by atoms with van der Waals surface area (Å²) in [6.07, 6.45) is 1.95. The molecule has 4 heteroatoms. The van der Waals surface area contributed by atoms with E-state index in [1.165, 1.54) is 16.1 Å². The second-order valence-electron chi connectivity index (χ2n) is 5.10. The molecular weight excluding hydrogens is 278 g/mol. The summed E-state index contributed by atoms with van der Waals surface area (Å²) in [5, 5.41) is 5.66.